The van der Waals surface area contributed by atoms with Crippen LogP contribution >= 0.6 is 0 Å². The first-order chi connectivity index (χ1) is 11.7. The second kappa shape index (κ2) is 7.65. The quantitative estimate of drug-likeness (QED) is 0.857. The molecule has 1 unspecified atom stereocenters. The number of nitrogens with one attached hydrogen (secondary N) is 1. The molecular weight excluding hydrogens is 343 g/mol. The summed E-state index contributed by atoms with van der Waals surface area (Å²) in [4.78, 5) is 12.6. The molecule has 2 rings (SSSR count). The molecule has 2 aromatic rings. The minimum Gasteiger partial charge on any atom is -0.348 e. The van der Waals surface area contributed by atoms with Crippen LogP contribution in [0.1, 0.15) is 25.5 Å². The highest BCUT2D eigenvalue weighted by Gasteiger charge is 2.29. The monoisotopic (exact) mass is 364 g/mol. The van der Waals surface area contributed by atoms with E-state index in [1.165, 1.54) is 19.1 Å². The zero-order valence-corrected chi connectivity index (χ0v) is 15.1. The van der Waals surface area contributed by atoms with Gasteiger partial charge in [0.25, 0.3) is 0 Å². The maximum Gasteiger partial charge on any atom is 0.244 e. The molecule has 1 amide bonds. The van der Waals surface area contributed by atoms with Gasteiger partial charge in [-0.05, 0) is 43.7 Å². The van der Waals surface area contributed by atoms with Gasteiger partial charge in [0.1, 0.15) is 11.9 Å². The predicted octanol–water partition coefficient (Wildman–Crippen LogP) is 2.86. The van der Waals surface area contributed by atoms with Crippen LogP contribution in [0, 0.1) is 5.82 Å². The first-order valence-electron chi connectivity index (χ1n) is 7.80. The van der Waals surface area contributed by atoms with Crippen molar-refractivity contribution < 1.29 is 17.6 Å². The largest absolute Gasteiger partial charge is 0.348 e. The van der Waals surface area contributed by atoms with Gasteiger partial charge in [0.05, 0.1) is 18.0 Å². The van der Waals surface area contributed by atoms with Crippen molar-refractivity contribution in [2.45, 2.75) is 25.9 Å². The molecule has 0 aliphatic heterocycles. The molecule has 0 bridgehead atoms. The van der Waals surface area contributed by atoms with Gasteiger partial charge in [-0.25, -0.2) is 12.8 Å². The smallest absolute Gasteiger partial charge is 0.244 e. The highest BCUT2D eigenvalue weighted by molar-refractivity contribution is 7.92. The molecule has 0 radical (unpaired) electrons. The van der Waals surface area contributed by atoms with E-state index in [0.717, 1.165) is 28.3 Å². The topological polar surface area (TPSA) is 66.5 Å². The fraction of sp³-hybridized carbons (Fsp3) is 0.278. The first-order valence-corrected chi connectivity index (χ1v) is 9.65. The van der Waals surface area contributed by atoms with Crippen molar-refractivity contribution in [3.05, 3.63) is 66.0 Å². The van der Waals surface area contributed by atoms with Crippen LogP contribution in [0.4, 0.5) is 10.1 Å². The molecule has 0 saturated heterocycles. The van der Waals surface area contributed by atoms with Gasteiger partial charge in [-0.3, -0.25) is 9.10 Å². The van der Waals surface area contributed by atoms with Crippen molar-refractivity contribution >= 4 is 21.6 Å². The summed E-state index contributed by atoms with van der Waals surface area (Å²) in [5, 5.41) is 2.81. The fourth-order valence-corrected chi connectivity index (χ4v) is 3.73. The van der Waals surface area contributed by atoms with Crippen LogP contribution < -0.4 is 9.62 Å². The Bertz CT molecular complexity index is 823. The molecule has 2 atom stereocenters. The van der Waals surface area contributed by atoms with Gasteiger partial charge in [-0.15, -0.1) is 0 Å². The maximum absolute atomic E-state index is 13.1. The SMILES string of the molecule is CC(C(=O)N[C@H](C)c1ccccc1)N(c1ccc(F)cc1)S(C)(=O)=O. The van der Waals surface area contributed by atoms with Crippen molar-refractivity contribution in [2.24, 2.45) is 0 Å². The van der Waals surface area contributed by atoms with E-state index in [0.29, 0.717) is 0 Å². The van der Waals surface area contributed by atoms with Crippen LogP contribution in [0.15, 0.2) is 54.6 Å². The highest BCUT2D eigenvalue weighted by atomic mass is 32.2. The van der Waals surface area contributed by atoms with E-state index in [4.69, 9.17) is 0 Å². The van der Waals surface area contributed by atoms with Gasteiger partial charge in [0, 0.05) is 0 Å². The van der Waals surface area contributed by atoms with Crippen molar-refractivity contribution in [1.29, 1.82) is 0 Å². The molecule has 0 fully saturated rings. The first kappa shape index (κ1) is 18.9. The second-order valence-corrected chi connectivity index (χ2v) is 7.71. The maximum atomic E-state index is 13.1. The highest BCUT2D eigenvalue weighted by Crippen LogP contribution is 2.22. The molecule has 7 heteroatoms. The van der Waals surface area contributed by atoms with Gasteiger partial charge >= 0.3 is 0 Å². The molecule has 1 N–H and O–H groups in total. The third kappa shape index (κ3) is 4.79. The van der Waals surface area contributed by atoms with Crippen molar-refractivity contribution in [1.82, 2.24) is 5.32 Å². The summed E-state index contributed by atoms with van der Waals surface area (Å²) >= 11 is 0. The lowest BCUT2D eigenvalue weighted by molar-refractivity contribution is -0.122. The number of hydrogen-bond donors (Lipinski definition) is 1. The minimum absolute atomic E-state index is 0.235. The molecule has 0 spiro atoms. The number of benzene rings is 2. The average molecular weight is 364 g/mol. The number of anilines is 1. The lowest BCUT2D eigenvalue weighted by Crippen LogP contribution is -2.48. The van der Waals surface area contributed by atoms with Crippen LogP contribution in [0.25, 0.3) is 0 Å². The van der Waals surface area contributed by atoms with Gasteiger partial charge in [-0.2, -0.15) is 0 Å². The van der Waals surface area contributed by atoms with Crippen molar-refractivity contribution in [3.63, 3.8) is 0 Å². The third-order valence-corrected chi connectivity index (χ3v) is 5.07. The molecule has 0 heterocycles. The number of rotatable bonds is 6. The lowest BCUT2D eigenvalue weighted by atomic mass is 10.1. The summed E-state index contributed by atoms with van der Waals surface area (Å²) < 4.78 is 38.4. The van der Waals surface area contributed by atoms with Gasteiger partial charge in [-0.1, -0.05) is 30.3 Å². The standard InChI is InChI=1S/C18H21FN2O3S/c1-13(15-7-5-4-6-8-15)20-18(22)14(2)21(25(3,23)24)17-11-9-16(19)10-12-17/h4-14H,1-3H3,(H,20,22)/t13-,14?/m1/s1. The number of sulfonamides is 1. The number of carbonyl (C=O) groups is 1. The Morgan fingerprint density at radius 1 is 1.04 bits per heavy atom. The van der Waals surface area contributed by atoms with Crippen LogP contribution in [0.3, 0.4) is 0 Å². The summed E-state index contributed by atoms with van der Waals surface area (Å²) in [5.74, 6) is -0.918. The Labute approximate surface area is 147 Å². The molecular formula is C18H21FN2O3S. The Hall–Kier alpha value is -2.41. The predicted molar refractivity (Wildman–Crippen MR) is 96.2 cm³/mol. The molecule has 0 aliphatic rings. The number of carbonyl (C=O) groups excluding carboxylic acids is 1. The van der Waals surface area contributed by atoms with Gasteiger partial charge in [0.15, 0.2) is 0 Å². The van der Waals surface area contributed by atoms with Crippen molar-refractivity contribution in [3.8, 4) is 0 Å². The van der Waals surface area contributed by atoms with E-state index in [9.17, 15) is 17.6 Å². The number of nitrogens with zero attached hydrogens (tertiary/aromatic N) is 1. The molecule has 5 nitrogen and oxygen atoms in total. The van der Waals surface area contributed by atoms with Gasteiger partial charge < -0.3 is 5.32 Å². The number of amides is 1. The molecule has 0 saturated carbocycles. The van der Waals surface area contributed by atoms with Crippen LogP contribution in [0.2, 0.25) is 0 Å². The van der Waals surface area contributed by atoms with Crippen molar-refractivity contribution in [2.75, 3.05) is 10.6 Å². The number of halogens is 1. The normalized spacial score (nSPS) is 13.8. The Morgan fingerprint density at radius 3 is 2.12 bits per heavy atom. The summed E-state index contributed by atoms with van der Waals surface area (Å²) in [6.45, 7) is 3.32. The second-order valence-electron chi connectivity index (χ2n) is 5.85. The molecule has 0 aromatic heterocycles. The van der Waals surface area contributed by atoms with E-state index in [1.54, 1.807) is 0 Å². The van der Waals surface area contributed by atoms with E-state index < -0.39 is 27.8 Å². The summed E-state index contributed by atoms with van der Waals surface area (Å²) in [7, 11) is -3.73. The van der Waals surface area contributed by atoms with Crippen LogP contribution in [-0.4, -0.2) is 26.6 Å². The van der Waals surface area contributed by atoms with Crippen LogP contribution in [0.5, 0.6) is 0 Å². The third-order valence-electron chi connectivity index (χ3n) is 3.83. The van der Waals surface area contributed by atoms with Crippen LogP contribution in [-0.2, 0) is 14.8 Å². The fourth-order valence-electron chi connectivity index (χ4n) is 2.56. The Morgan fingerprint density at radius 2 is 1.60 bits per heavy atom. The lowest BCUT2D eigenvalue weighted by Gasteiger charge is -2.29. The summed E-state index contributed by atoms with van der Waals surface area (Å²) in [6, 6.07) is 13.1. The van der Waals surface area contributed by atoms with Gasteiger partial charge in [0.2, 0.25) is 15.9 Å². The van der Waals surface area contributed by atoms with E-state index in [2.05, 4.69) is 5.32 Å². The van der Waals surface area contributed by atoms with E-state index in [-0.39, 0.29) is 11.7 Å². The minimum atomic E-state index is -3.73. The molecule has 0 aliphatic carbocycles. The molecule has 2 aromatic carbocycles. The van der Waals surface area contributed by atoms with E-state index >= 15 is 0 Å². The van der Waals surface area contributed by atoms with E-state index in [1.807, 2.05) is 37.3 Å². The summed E-state index contributed by atoms with van der Waals surface area (Å²) in [5.41, 5.74) is 1.15. The number of hydrogen-bond acceptors (Lipinski definition) is 3. The Kier molecular flexibility index (Phi) is 5.79. The zero-order valence-electron chi connectivity index (χ0n) is 14.3. The molecule has 134 valence electrons. The summed E-state index contributed by atoms with van der Waals surface area (Å²) in [6.07, 6.45) is 1.01. The zero-order chi connectivity index (χ0) is 18.6. The Balaban J connectivity index is 2.23. The molecule has 25 heavy (non-hydrogen) atoms. The average Bonchev–Trinajstić information content (AvgIpc) is 2.56.